The number of carbonyl (C=O) groups excluding carboxylic acids is 1. The Morgan fingerprint density at radius 2 is 2.04 bits per heavy atom. The van der Waals surface area contributed by atoms with E-state index >= 15 is 0 Å². The first-order valence-corrected chi connectivity index (χ1v) is 8.25. The third-order valence-electron chi connectivity index (χ3n) is 4.81. The molecular formula is C18H16F2N4O. The lowest BCUT2D eigenvalue weighted by molar-refractivity contribution is 0.0118. The van der Waals surface area contributed by atoms with Crippen LogP contribution in [-0.2, 0) is 12.8 Å². The van der Waals surface area contributed by atoms with Gasteiger partial charge in [-0.25, -0.2) is 13.5 Å². The second-order valence-corrected chi connectivity index (χ2v) is 6.51. The van der Waals surface area contributed by atoms with Crippen molar-refractivity contribution >= 4 is 5.91 Å². The number of alkyl halides is 2. The van der Waals surface area contributed by atoms with Gasteiger partial charge < -0.3 is 4.90 Å². The van der Waals surface area contributed by atoms with Crippen LogP contribution in [0.15, 0.2) is 30.3 Å². The summed E-state index contributed by atoms with van der Waals surface area (Å²) in [4.78, 5) is 13.8. The molecule has 2 heterocycles. The lowest BCUT2D eigenvalue weighted by atomic mass is 10.1. The molecule has 0 bridgehead atoms. The van der Waals surface area contributed by atoms with Crippen molar-refractivity contribution < 1.29 is 13.6 Å². The third-order valence-corrected chi connectivity index (χ3v) is 4.81. The number of aromatic nitrogens is 2. The number of amides is 1. The second-order valence-electron chi connectivity index (χ2n) is 6.51. The zero-order valence-corrected chi connectivity index (χ0v) is 13.5. The summed E-state index contributed by atoms with van der Waals surface area (Å²) in [5, 5.41) is 13.6. The molecule has 1 amide bonds. The fraction of sp³-hybridized carbons (Fsp3) is 0.389. The largest absolute Gasteiger partial charge is 0.315 e. The SMILES string of the molecule is N#CC1CC(F)(F)CN1C(=O)c1nn(-c2ccccc2)c2c1CCC2. The zero-order valence-electron chi connectivity index (χ0n) is 13.5. The Balaban J connectivity index is 1.74. The van der Waals surface area contributed by atoms with Gasteiger partial charge in [0.05, 0.1) is 18.3 Å². The molecule has 2 aliphatic rings. The summed E-state index contributed by atoms with van der Waals surface area (Å²) >= 11 is 0. The van der Waals surface area contributed by atoms with Gasteiger partial charge in [-0.05, 0) is 31.4 Å². The molecule has 0 N–H and O–H groups in total. The maximum Gasteiger partial charge on any atom is 0.275 e. The smallest absolute Gasteiger partial charge is 0.275 e. The Morgan fingerprint density at radius 1 is 1.28 bits per heavy atom. The first-order chi connectivity index (χ1) is 12.0. The van der Waals surface area contributed by atoms with Crippen LogP contribution in [0.25, 0.3) is 5.69 Å². The van der Waals surface area contributed by atoms with E-state index in [1.807, 2.05) is 36.4 Å². The van der Waals surface area contributed by atoms with Crippen LogP contribution in [0.5, 0.6) is 0 Å². The average Bonchev–Trinajstić information content (AvgIpc) is 3.27. The molecule has 0 saturated carbocycles. The summed E-state index contributed by atoms with van der Waals surface area (Å²) in [5.41, 5.74) is 2.81. The fourth-order valence-electron chi connectivity index (χ4n) is 3.67. The Bertz CT molecular complexity index is 869. The lowest BCUT2D eigenvalue weighted by Crippen LogP contribution is -2.36. The number of likely N-dealkylation sites (tertiary alicyclic amines) is 1. The number of nitrogens with zero attached hydrogens (tertiary/aromatic N) is 4. The second kappa shape index (κ2) is 5.66. The van der Waals surface area contributed by atoms with E-state index in [4.69, 9.17) is 5.26 Å². The first kappa shape index (κ1) is 15.8. The summed E-state index contributed by atoms with van der Waals surface area (Å²) in [6.45, 7) is -0.725. The van der Waals surface area contributed by atoms with Crippen molar-refractivity contribution in [1.29, 1.82) is 5.26 Å². The molecule has 0 radical (unpaired) electrons. The molecule has 25 heavy (non-hydrogen) atoms. The fourth-order valence-corrected chi connectivity index (χ4v) is 3.67. The molecule has 1 saturated heterocycles. The molecule has 4 rings (SSSR count). The molecule has 1 fully saturated rings. The third kappa shape index (κ3) is 2.58. The summed E-state index contributed by atoms with van der Waals surface area (Å²) in [5.74, 6) is -3.60. The highest BCUT2D eigenvalue weighted by Crippen LogP contribution is 2.34. The van der Waals surface area contributed by atoms with Crippen molar-refractivity contribution in [2.45, 2.75) is 37.6 Å². The minimum atomic E-state index is -3.03. The summed E-state index contributed by atoms with van der Waals surface area (Å²) < 4.78 is 29.1. The van der Waals surface area contributed by atoms with Gasteiger partial charge in [-0.3, -0.25) is 4.79 Å². The predicted molar refractivity (Wildman–Crippen MR) is 85.6 cm³/mol. The van der Waals surface area contributed by atoms with Crippen LogP contribution < -0.4 is 0 Å². The number of nitriles is 1. The van der Waals surface area contributed by atoms with E-state index in [1.165, 1.54) is 0 Å². The minimum absolute atomic E-state index is 0.203. The summed E-state index contributed by atoms with van der Waals surface area (Å²) in [6, 6.07) is 10.1. The molecule has 1 aliphatic heterocycles. The normalized spacial score (nSPS) is 21.2. The Kier molecular flexibility index (Phi) is 3.57. The molecule has 1 aliphatic carbocycles. The van der Waals surface area contributed by atoms with Gasteiger partial charge in [0.2, 0.25) is 0 Å². The van der Waals surface area contributed by atoms with Crippen LogP contribution in [0.2, 0.25) is 0 Å². The van der Waals surface area contributed by atoms with E-state index in [0.29, 0.717) is 6.42 Å². The van der Waals surface area contributed by atoms with E-state index < -0.39 is 30.8 Å². The van der Waals surface area contributed by atoms with Crippen LogP contribution in [0.3, 0.4) is 0 Å². The van der Waals surface area contributed by atoms with Crippen LogP contribution in [0, 0.1) is 11.3 Å². The maximum atomic E-state index is 13.7. The molecule has 7 heteroatoms. The number of hydrogen-bond acceptors (Lipinski definition) is 3. The summed E-state index contributed by atoms with van der Waals surface area (Å²) in [6.07, 6.45) is 1.78. The standard InChI is InChI=1S/C18H16F2N4O/c19-18(20)9-13(10-21)23(11-18)17(25)16-14-7-4-8-15(14)24(22-16)12-5-2-1-3-6-12/h1-3,5-6,13H,4,7-9,11H2. The first-order valence-electron chi connectivity index (χ1n) is 8.25. The summed E-state index contributed by atoms with van der Waals surface area (Å²) in [7, 11) is 0. The zero-order chi connectivity index (χ0) is 17.6. The molecule has 2 aromatic rings. The van der Waals surface area contributed by atoms with Crippen molar-refractivity contribution in [3.63, 3.8) is 0 Å². The van der Waals surface area contributed by atoms with Crippen LogP contribution >= 0.6 is 0 Å². The molecule has 0 spiro atoms. The number of para-hydroxylation sites is 1. The highest BCUT2D eigenvalue weighted by atomic mass is 19.3. The molecule has 1 aromatic carbocycles. The van der Waals surface area contributed by atoms with Crippen molar-refractivity contribution in [1.82, 2.24) is 14.7 Å². The number of fused-ring (bicyclic) bond motifs is 1. The van der Waals surface area contributed by atoms with Crippen LogP contribution in [0.1, 0.15) is 34.6 Å². The highest BCUT2D eigenvalue weighted by Gasteiger charge is 2.48. The molecule has 5 nitrogen and oxygen atoms in total. The topological polar surface area (TPSA) is 61.9 Å². The number of hydrogen-bond donors (Lipinski definition) is 0. The number of carbonyl (C=O) groups is 1. The van der Waals surface area contributed by atoms with Gasteiger partial charge in [-0.1, -0.05) is 18.2 Å². The van der Waals surface area contributed by atoms with E-state index in [0.717, 1.165) is 34.7 Å². The Morgan fingerprint density at radius 3 is 2.76 bits per heavy atom. The predicted octanol–water partition coefficient (Wildman–Crippen LogP) is 2.73. The van der Waals surface area contributed by atoms with Crippen LogP contribution in [-0.4, -0.2) is 39.1 Å². The monoisotopic (exact) mass is 342 g/mol. The number of rotatable bonds is 2. The van der Waals surface area contributed by atoms with Crippen molar-refractivity contribution in [2.75, 3.05) is 6.54 Å². The Labute approximate surface area is 143 Å². The average molecular weight is 342 g/mol. The van der Waals surface area contributed by atoms with Gasteiger partial charge in [-0.15, -0.1) is 0 Å². The Hall–Kier alpha value is -2.75. The van der Waals surface area contributed by atoms with E-state index in [2.05, 4.69) is 5.10 Å². The minimum Gasteiger partial charge on any atom is -0.315 e. The molecule has 1 atom stereocenters. The van der Waals surface area contributed by atoms with Gasteiger partial charge in [0.1, 0.15) is 6.04 Å². The van der Waals surface area contributed by atoms with Crippen LogP contribution in [0.4, 0.5) is 8.78 Å². The van der Waals surface area contributed by atoms with E-state index in [1.54, 1.807) is 4.68 Å². The molecular weight excluding hydrogens is 326 g/mol. The number of benzene rings is 1. The molecule has 1 aromatic heterocycles. The van der Waals surface area contributed by atoms with Gasteiger partial charge in [0.25, 0.3) is 11.8 Å². The molecule has 1 unspecified atom stereocenters. The number of halogens is 2. The van der Waals surface area contributed by atoms with E-state index in [-0.39, 0.29) is 5.69 Å². The maximum absolute atomic E-state index is 13.7. The van der Waals surface area contributed by atoms with Gasteiger partial charge in [0, 0.05) is 17.7 Å². The quantitative estimate of drug-likeness (QED) is 0.843. The van der Waals surface area contributed by atoms with Crippen molar-refractivity contribution in [3.8, 4) is 11.8 Å². The van der Waals surface area contributed by atoms with Gasteiger partial charge in [-0.2, -0.15) is 10.4 Å². The van der Waals surface area contributed by atoms with E-state index in [9.17, 15) is 13.6 Å². The van der Waals surface area contributed by atoms with Gasteiger partial charge >= 0.3 is 0 Å². The van der Waals surface area contributed by atoms with Gasteiger partial charge in [0.15, 0.2) is 5.69 Å². The molecule has 128 valence electrons. The van der Waals surface area contributed by atoms with Crippen molar-refractivity contribution in [3.05, 3.63) is 47.3 Å². The van der Waals surface area contributed by atoms with Crippen molar-refractivity contribution in [2.24, 2.45) is 0 Å². The highest BCUT2D eigenvalue weighted by molar-refractivity contribution is 5.95. The lowest BCUT2D eigenvalue weighted by Gasteiger charge is -2.18.